The van der Waals surface area contributed by atoms with Crippen LogP contribution in [0.3, 0.4) is 0 Å². The van der Waals surface area contributed by atoms with Gasteiger partial charge in [0.25, 0.3) is 11.8 Å². The topological polar surface area (TPSA) is 116 Å². The van der Waals surface area contributed by atoms with Crippen molar-refractivity contribution in [2.45, 2.75) is 10.1 Å². The van der Waals surface area contributed by atoms with Gasteiger partial charge in [-0.1, -0.05) is 96.0 Å². The van der Waals surface area contributed by atoms with E-state index in [1.54, 1.807) is 72.9 Å². The molecule has 0 bridgehead atoms. The van der Waals surface area contributed by atoms with Gasteiger partial charge < -0.3 is 20.9 Å². The number of thiazole rings is 1. The van der Waals surface area contributed by atoms with Crippen molar-refractivity contribution >= 4 is 91.8 Å². The molecule has 1 unspecified atom stereocenters. The number of fused-ring (bicyclic) bond motifs is 1. The van der Waals surface area contributed by atoms with Gasteiger partial charge in [-0.05, 0) is 66.2 Å². The zero-order chi connectivity index (χ0) is 36.7. The molecule has 4 N–H and O–H groups in total. The maximum atomic E-state index is 13.9. The fourth-order valence-electron chi connectivity index (χ4n) is 5.52. The minimum absolute atomic E-state index is 0.0610. The molecule has 1 atom stereocenters. The van der Waals surface area contributed by atoms with Gasteiger partial charge in [-0.15, -0.1) is 23.1 Å². The number of thioether (sulfide) groups is 1. The van der Waals surface area contributed by atoms with E-state index in [1.807, 2.05) is 72.1 Å². The number of anilines is 2. The predicted octanol–water partition coefficient (Wildman–Crippen LogP) is 10.5. The SMILES string of the molecule is O=C(Nc1cccc(SC(C(=O)Nc2nc(-c3ccc(Cl)cc3Cl)cs2)c2ccccc2)c1)/C(=C/c1c[nH]c2ccccc12)NC(=O)c1ccccc1. The van der Waals surface area contributed by atoms with Crippen molar-refractivity contribution in [3.8, 4) is 11.3 Å². The highest BCUT2D eigenvalue weighted by molar-refractivity contribution is 8.00. The smallest absolute Gasteiger partial charge is 0.272 e. The van der Waals surface area contributed by atoms with E-state index >= 15 is 0 Å². The van der Waals surface area contributed by atoms with Gasteiger partial charge in [0.2, 0.25) is 5.91 Å². The Hall–Kier alpha value is -5.65. The van der Waals surface area contributed by atoms with Crippen LogP contribution in [0.1, 0.15) is 26.7 Å². The molecule has 7 aromatic rings. The second-order valence-corrected chi connectivity index (χ2v) is 14.6. The number of aromatic amines is 1. The second-order valence-electron chi connectivity index (χ2n) is 11.7. The maximum Gasteiger partial charge on any atom is 0.272 e. The number of rotatable bonds is 11. The summed E-state index contributed by atoms with van der Waals surface area (Å²) in [5.74, 6) is -1.21. The Morgan fingerprint density at radius 3 is 2.36 bits per heavy atom. The van der Waals surface area contributed by atoms with Crippen LogP contribution >= 0.6 is 46.3 Å². The van der Waals surface area contributed by atoms with Crippen LogP contribution < -0.4 is 16.0 Å². The van der Waals surface area contributed by atoms with Crippen molar-refractivity contribution in [2.24, 2.45) is 0 Å². The third kappa shape index (κ3) is 8.70. The Kier molecular flexibility index (Phi) is 11.0. The predicted molar refractivity (Wildman–Crippen MR) is 216 cm³/mol. The number of H-pyrrole nitrogens is 1. The third-order valence-electron chi connectivity index (χ3n) is 8.08. The summed E-state index contributed by atoms with van der Waals surface area (Å²) < 4.78 is 0. The number of hydrogen-bond donors (Lipinski definition) is 4. The van der Waals surface area contributed by atoms with Gasteiger partial charge in [0.15, 0.2) is 5.13 Å². The molecule has 12 heteroatoms. The summed E-state index contributed by atoms with van der Waals surface area (Å²) in [6.07, 6.45) is 3.44. The number of para-hydroxylation sites is 1. The summed E-state index contributed by atoms with van der Waals surface area (Å²) in [5, 5.41) is 12.2. The molecular formula is C41H29Cl2N5O3S2. The third-order valence-corrected chi connectivity index (χ3v) is 10.6. The second kappa shape index (κ2) is 16.4. The van der Waals surface area contributed by atoms with E-state index in [0.29, 0.717) is 37.7 Å². The Bertz CT molecular complexity index is 2470. The number of benzene rings is 5. The average Bonchev–Trinajstić information content (AvgIpc) is 3.81. The minimum Gasteiger partial charge on any atom is -0.361 e. The largest absolute Gasteiger partial charge is 0.361 e. The molecule has 2 aromatic heterocycles. The highest BCUT2D eigenvalue weighted by Gasteiger charge is 2.24. The first kappa shape index (κ1) is 35.7. The molecule has 53 heavy (non-hydrogen) atoms. The quantitative estimate of drug-likeness (QED) is 0.0772. The molecule has 5 aromatic carbocycles. The first-order valence-electron chi connectivity index (χ1n) is 16.3. The van der Waals surface area contributed by atoms with Gasteiger partial charge in [-0.25, -0.2) is 4.98 Å². The van der Waals surface area contributed by atoms with Crippen LogP contribution in [0.15, 0.2) is 150 Å². The molecule has 0 aliphatic heterocycles. The average molecular weight is 775 g/mol. The van der Waals surface area contributed by atoms with Crippen LogP contribution in [0, 0.1) is 0 Å². The van der Waals surface area contributed by atoms with E-state index in [2.05, 4.69) is 25.9 Å². The standard InChI is InChI=1S/C41H29Cl2N5O3S2/c42-28-18-19-32(33(43)21-28)36-24-52-41(47-36)48-40(51)37(25-10-3-1-4-11-25)53-30-15-9-14-29(22-30)45-39(50)35(46-38(49)26-12-5-2-6-13-26)20-27-23-44-34-17-8-7-16-31(27)34/h1-24,37,44H,(H,45,50)(H,46,49)(H,47,48,51)/b35-20-. The fourth-order valence-corrected chi connectivity index (χ4v) is 7.82. The Morgan fingerprint density at radius 2 is 1.57 bits per heavy atom. The Morgan fingerprint density at radius 1 is 0.811 bits per heavy atom. The Labute approximate surface area is 323 Å². The van der Waals surface area contributed by atoms with Gasteiger partial charge in [0.05, 0.1) is 10.7 Å². The number of amides is 3. The highest BCUT2D eigenvalue weighted by atomic mass is 35.5. The molecule has 7 rings (SSSR count). The molecular weight excluding hydrogens is 746 g/mol. The lowest BCUT2D eigenvalue weighted by molar-refractivity contribution is -0.116. The highest BCUT2D eigenvalue weighted by Crippen LogP contribution is 2.38. The van der Waals surface area contributed by atoms with Gasteiger partial charge in [0.1, 0.15) is 10.9 Å². The summed E-state index contributed by atoms with van der Waals surface area (Å²) in [6, 6.07) is 38.2. The minimum atomic E-state index is -0.656. The molecule has 0 aliphatic carbocycles. The summed E-state index contributed by atoms with van der Waals surface area (Å²) >= 11 is 15.1. The zero-order valence-electron chi connectivity index (χ0n) is 27.7. The van der Waals surface area contributed by atoms with Crippen LogP contribution in [0.25, 0.3) is 28.2 Å². The number of carbonyl (C=O) groups excluding carboxylic acids is 3. The van der Waals surface area contributed by atoms with E-state index < -0.39 is 17.1 Å². The molecule has 3 amide bonds. The number of nitrogens with zero attached hydrogens (tertiary/aromatic N) is 1. The number of nitrogens with one attached hydrogen (secondary N) is 4. The lowest BCUT2D eigenvalue weighted by Gasteiger charge is -2.17. The van der Waals surface area contributed by atoms with Crippen molar-refractivity contribution in [2.75, 3.05) is 10.6 Å². The number of hydrogen-bond acceptors (Lipinski definition) is 6. The van der Waals surface area contributed by atoms with Crippen molar-refractivity contribution in [3.63, 3.8) is 0 Å². The lowest BCUT2D eigenvalue weighted by Crippen LogP contribution is -2.30. The molecule has 0 saturated carbocycles. The normalized spacial score (nSPS) is 11.9. The maximum absolute atomic E-state index is 13.9. The van der Waals surface area contributed by atoms with Crippen molar-refractivity contribution in [1.29, 1.82) is 0 Å². The van der Waals surface area contributed by atoms with Crippen molar-refractivity contribution in [1.82, 2.24) is 15.3 Å². The number of aromatic nitrogens is 2. The van der Waals surface area contributed by atoms with Crippen LogP contribution in [0.2, 0.25) is 10.0 Å². The Balaban J connectivity index is 1.12. The van der Waals surface area contributed by atoms with Crippen LogP contribution in [-0.4, -0.2) is 27.7 Å². The van der Waals surface area contributed by atoms with Crippen molar-refractivity contribution in [3.05, 3.63) is 171 Å². The summed E-state index contributed by atoms with van der Waals surface area (Å²) in [4.78, 5) is 49.5. The van der Waals surface area contributed by atoms with Gasteiger partial charge in [-0.2, -0.15) is 0 Å². The van der Waals surface area contributed by atoms with E-state index in [9.17, 15) is 14.4 Å². The number of halogens is 2. The van der Waals surface area contributed by atoms with E-state index in [4.69, 9.17) is 23.2 Å². The number of carbonyl (C=O) groups is 3. The van der Waals surface area contributed by atoms with Gasteiger partial charge in [-0.3, -0.25) is 14.4 Å². The molecule has 0 fully saturated rings. The van der Waals surface area contributed by atoms with Gasteiger partial charge >= 0.3 is 0 Å². The van der Waals surface area contributed by atoms with E-state index in [1.165, 1.54) is 23.1 Å². The van der Waals surface area contributed by atoms with Crippen LogP contribution in [0.4, 0.5) is 10.8 Å². The molecule has 0 radical (unpaired) electrons. The monoisotopic (exact) mass is 773 g/mol. The van der Waals surface area contributed by atoms with Crippen molar-refractivity contribution < 1.29 is 14.4 Å². The van der Waals surface area contributed by atoms with Crippen LogP contribution in [0.5, 0.6) is 0 Å². The summed E-state index contributed by atoms with van der Waals surface area (Å²) in [7, 11) is 0. The first-order valence-corrected chi connectivity index (χ1v) is 18.8. The molecule has 2 heterocycles. The zero-order valence-corrected chi connectivity index (χ0v) is 30.8. The van der Waals surface area contributed by atoms with E-state index in [0.717, 1.165) is 26.9 Å². The molecule has 0 saturated heterocycles. The lowest BCUT2D eigenvalue weighted by atomic mass is 10.1. The molecule has 8 nitrogen and oxygen atoms in total. The summed E-state index contributed by atoms with van der Waals surface area (Å²) in [6.45, 7) is 0. The fraction of sp³-hybridized carbons (Fsp3) is 0.0244. The molecule has 262 valence electrons. The molecule has 0 spiro atoms. The first-order chi connectivity index (χ1) is 25.8. The van der Waals surface area contributed by atoms with E-state index in [-0.39, 0.29) is 11.6 Å². The van der Waals surface area contributed by atoms with Crippen LogP contribution in [-0.2, 0) is 9.59 Å². The molecule has 0 aliphatic rings. The summed E-state index contributed by atoms with van der Waals surface area (Å²) in [5.41, 5.74) is 4.71. The van der Waals surface area contributed by atoms with Gasteiger partial charge in [0, 0.05) is 54.8 Å².